The molecule has 1 heterocycles. The van der Waals surface area contributed by atoms with Crippen molar-refractivity contribution in [3.8, 4) is 11.7 Å². The zero-order valence-corrected chi connectivity index (χ0v) is 13.1. The molecule has 1 rings (SSSR count). The maximum atomic E-state index is 11.7. The van der Waals surface area contributed by atoms with E-state index in [1.165, 1.54) is 32.1 Å². The quantitative estimate of drug-likeness (QED) is 0.427. The Bertz CT molecular complexity index is 452. The van der Waals surface area contributed by atoms with Crippen molar-refractivity contribution in [3.63, 3.8) is 0 Å². The van der Waals surface area contributed by atoms with Crippen LogP contribution in [0.4, 0.5) is 0 Å². The van der Waals surface area contributed by atoms with Gasteiger partial charge in [-0.2, -0.15) is 0 Å². The van der Waals surface area contributed by atoms with Gasteiger partial charge in [0.25, 0.3) is 0 Å². The number of furan rings is 1. The summed E-state index contributed by atoms with van der Waals surface area (Å²) >= 11 is 0. The standard InChI is InChI=1S/C16H26O6/c1-2-3-4-5-6-7-8-9-10-21-15(19)13-14(18)12(11-17)22-16(13)20/h17-18,20H,2-11H2,1H3. The number of ether oxygens (including phenoxy) is 1. The van der Waals surface area contributed by atoms with E-state index >= 15 is 0 Å². The Kier molecular flexibility index (Phi) is 8.43. The van der Waals surface area contributed by atoms with Crippen molar-refractivity contribution in [1.29, 1.82) is 0 Å². The molecular weight excluding hydrogens is 288 g/mol. The predicted octanol–water partition coefficient (Wildman–Crippen LogP) is 3.48. The first kappa shape index (κ1) is 18.4. The van der Waals surface area contributed by atoms with E-state index < -0.39 is 29.8 Å². The van der Waals surface area contributed by atoms with Gasteiger partial charge in [0, 0.05) is 0 Å². The van der Waals surface area contributed by atoms with Crippen LogP contribution in [0, 0.1) is 0 Å². The smallest absolute Gasteiger partial charge is 0.349 e. The zero-order valence-electron chi connectivity index (χ0n) is 13.1. The minimum atomic E-state index is -0.846. The Morgan fingerprint density at radius 3 is 2.18 bits per heavy atom. The van der Waals surface area contributed by atoms with Crippen molar-refractivity contribution in [2.75, 3.05) is 6.61 Å². The lowest BCUT2D eigenvalue weighted by atomic mass is 10.1. The lowest BCUT2D eigenvalue weighted by Gasteiger charge is -2.04. The monoisotopic (exact) mass is 314 g/mol. The molecule has 1 aromatic heterocycles. The molecular formula is C16H26O6. The molecule has 126 valence electrons. The number of hydrogen-bond acceptors (Lipinski definition) is 6. The fraction of sp³-hybridized carbons (Fsp3) is 0.688. The molecule has 0 aromatic carbocycles. The molecule has 0 unspecified atom stereocenters. The van der Waals surface area contributed by atoms with Gasteiger partial charge in [-0.25, -0.2) is 4.79 Å². The first-order valence-corrected chi connectivity index (χ1v) is 7.93. The molecule has 0 amide bonds. The van der Waals surface area contributed by atoms with Crippen molar-refractivity contribution in [2.45, 2.75) is 64.9 Å². The molecule has 0 aliphatic carbocycles. The van der Waals surface area contributed by atoms with Crippen molar-refractivity contribution in [1.82, 2.24) is 0 Å². The van der Waals surface area contributed by atoms with Gasteiger partial charge in [0.05, 0.1) is 6.61 Å². The van der Waals surface area contributed by atoms with E-state index in [0.717, 1.165) is 19.3 Å². The molecule has 0 atom stereocenters. The highest BCUT2D eigenvalue weighted by molar-refractivity contribution is 5.95. The molecule has 0 saturated carbocycles. The molecule has 0 fully saturated rings. The summed E-state index contributed by atoms with van der Waals surface area (Å²) in [7, 11) is 0. The second-order valence-corrected chi connectivity index (χ2v) is 5.32. The van der Waals surface area contributed by atoms with Gasteiger partial charge in [-0.15, -0.1) is 0 Å². The van der Waals surface area contributed by atoms with Crippen LogP contribution in [-0.2, 0) is 11.3 Å². The Hall–Kier alpha value is -1.69. The highest BCUT2D eigenvalue weighted by atomic mass is 16.5. The first-order chi connectivity index (χ1) is 10.6. The number of hydrogen-bond donors (Lipinski definition) is 3. The highest BCUT2D eigenvalue weighted by Gasteiger charge is 2.26. The summed E-state index contributed by atoms with van der Waals surface area (Å²) in [6.45, 7) is 1.81. The van der Waals surface area contributed by atoms with Gasteiger partial charge in [0.2, 0.25) is 0 Å². The van der Waals surface area contributed by atoms with Crippen molar-refractivity contribution >= 4 is 5.97 Å². The van der Waals surface area contributed by atoms with Gasteiger partial charge in [-0.1, -0.05) is 51.9 Å². The Balaban J connectivity index is 2.20. The number of esters is 1. The first-order valence-electron chi connectivity index (χ1n) is 7.93. The SMILES string of the molecule is CCCCCCCCCCOC(=O)c1c(O)oc(CO)c1O. The summed E-state index contributed by atoms with van der Waals surface area (Å²) in [5, 5.41) is 27.9. The maximum Gasteiger partial charge on any atom is 0.349 e. The van der Waals surface area contributed by atoms with Crippen molar-refractivity contribution in [2.24, 2.45) is 0 Å². The minimum absolute atomic E-state index is 0.228. The van der Waals surface area contributed by atoms with Crippen LogP contribution in [0.5, 0.6) is 11.7 Å². The molecule has 0 aliphatic heterocycles. The van der Waals surface area contributed by atoms with Crippen LogP contribution in [0.2, 0.25) is 0 Å². The average Bonchev–Trinajstić information content (AvgIpc) is 2.79. The third-order valence-electron chi connectivity index (χ3n) is 3.51. The Morgan fingerprint density at radius 2 is 1.64 bits per heavy atom. The fourth-order valence-corrected chi connectivity index (χ4v) is 2.22. The van der Waals surface area contributed by atoms with E-state index in [9.17, 15) is 15.0 Å². The second-order valence-electron chi connectivity index (χ2n) is 5.32. The minimum Gasteiger partial charge on any atom is -0.504 e. The molecule has 6 heteroatoms. The van der Waals surface area contributed by atoms with Crippen LogP contribution in [0.1, 0.15) is 74.4 Å². The molecule has 0 saturated heterocycles. The number of carbonyl (C=O) groups excluding carboxylic acids is 1. The van der Waals surface area contributed by atoms with Crippen molar-refractivity contribution < 1.29 is 29.3 Å². The summed E-state index contributed by atoms with van der Waals surface area (Å²) < 4.78 is 9.65. The summed E-state index contributed by atoms with van der Waals surface area (Å²) in [6, 6.07) is 0. The number of aromatic hydroxyl groups is 2. The summed E-state index contributed by atoms with van der Waals surface area (Å²) in [6.07, 6.45) is 9.06. The van der Waals surface area contributed by atoms with Crippen LogP contribution in [0.3, 0.4) is 0 Å². The molecule has 22 heavy (non-hydrogen) atoms. The zero-order chi connectivity index (χ0) is 16.4. The van der Waals surface area contributed by atoms with E-state index in [2.05, 4.69) is 11.3 Å². The van der Waals surface area contributed by atoms with Gasteiger partial charge in [-0.05, 0) is 6.42 Å². The summed E-state index contributed by atoms with van der Waals surface area (Å²) in [5.74, 6) is -2.40. The average molecular weight is 314 g/mol. The van der Waals surface area contributed by atoms with Crippen LogP contribution in [0.15, 0.2) is 4.42 Å². The lowest BCUT2D eigenvalue weighted by molar-refractivity contribution is 0.0489. The third-order valence-corrected chi connectivity index (χ3v) is 3.51. The van der Waals surface area contributed by atoms with Crippen LogP contribution < -0.4 is 0 Å². The predicted molar refractivity (Wildman–Crippen MR) is 80.9 cm³/mol. The normalized spacial score (nSPS) is 10.8. The Labute approximate surface area is 130 Å². The highest BCUT2D eigenvalue weighted by Crippen LogP contribution is 2.34. The topological polar surface area (TPSA) is 100 Å². The molecule has 0 radical (unpaired) electrons. The third kappa shape index (κ3) is 5.60. The molecule has 0 bridgehead atoms. The molecule has 0 spiro atoms. The molecule has 1 aromatic rings. The maximum absolute atomic E-state index is 11.7. The van der Waals surface area contributed by atoms with Gasteiger partial charge in [0.15, 0.2) is 17.1 Å². The molecule has 0 aliphatic rings. The Morgan fingerprint density at radius 1 is 1.05 bits per heavy atom. The fourth-order valence-electron chi connectivity index (χ4n) is 2.22. The van der Waals surface area contributed by atoms with Gasteiger partial charge in [-0.3, -0.25) is 0 Å². The summed E-state index contributed by atoms with van der Waals surface area (Å²) in [5.41, 5.74) is -0.427. The number of unbranched alkanes of at least 4 members (excludes halogenated alkanes) is 7. The number of rotatable bonds is 11. The van der Waals surface area contributed by atoms with E-state index in [4.69, 9.17) is 9.84 Å². The van der Waals surface area contributed by atoms with Gasteiger partial charge >= 0.3 is 11.9 Å². The number of carbonyl (C=O) groups is 1. The largest absolute Gasteiger partial charge is 0.504 e. The number of aliphatic hydroxyl groups is 1. The van der Waals surface area contributed by atoms with E-state index in [0.29, 0.717) is 0 Å². The van der Waals surface area contributed by atoms with Crippen LogP contribution >= 0.6 is 0 Å². The van der Waals surface area contributed by atoms with E-state index in [-0.39, 0.29) is 12.4 Å². The van der Waals surface area contributed by atoms with Gasteiger partial charge in [0.1, 0.15) is 6.61 Å². The summed E-state index contributed by atoms with van der Waals surface area (Å²) in [4.78, 5) is 11.7. The van der Waals surface area contributed by atoms with Gasteiger partial charge < -0.3 is 24.5 Å². The second kappa shape index (κ2) is 10.1. The molecule has 3 N–H and O–H groups in total. The van der Waals surface area contributed by atoms with E-state index in [1.807, 2.05) is 0 Å². The van der Waals surface area contributed by atoms with Crippen LogP contribution in [-0.4, -0.2) is 27.9 Å². The van der Waals surface area contributed by atoms with Crippen LogP contribution in [0.25, 0.3) is 0 Å². The lowest BCUT2D eigenvalue weighted by Crippen LogP contribution is -2.06. The number of aliphatic hydroxyl groups excluding tert-OH is 1. The van der Waals surface area contributed by atoms with Crippen molar-refractivity contribution in [3.05, 3.63) is 11.3 Å². The van der Waals surface area contributed by atoms with E-state index in [1.54, 1.807) is 0 Å². The molecule has 6 nitrogen and oxygen atoms in total.